The second-order valence-electron chi connectivity index (χ2n) is 5.54. The molecule has 104 valence electrons. The van der Waals surface area contributed by atoms with Crippen LogP contribution in [0.5, 0.6) is 5.75 Å². The van der Waals surface area contributed by atoms with E-state index in [9.17, 15) is 9.90 Å². The van der Waals surface area contributed by atoms with Crippen molar-refractivity contribution < 1.29 is 14.6 Å². The van der Waals surface area contributed by atoms with Gasteiger partial charge in [-0.15, -0.1) is 0 Å². The first kappa shape index (κ1) is 13.7. The number of nitrogens with zero attached hydrogens (tertiary/aromatic N) is 1. The van der Waals surface area contributed by atoms with E-state index in [-0.39, 0.29) is 5.92 Å². The standard InChI is InChI=1S/C15H21NO3/c1-5-16-9-12(15(2,3)14(17)18)11-8-10(19-4)6-7-13(11)16/h6-8,12H,5,9H2,1-4H3,(H,17,18). The fourth-order valence-corrected chi connectivity index (χ4v) is 2.71. The fourth-order valence-electron chi connectivity index (χ4n) is 2.71. The maximum absolute atomic E-state index is 11.5. The quantitative estimate of drug-likeness (QED) is 0.907. The molecule has 0 spiro atoms. The molecule has 0 saturated heterocycles. The predicted octanol–water partition coefficient (Wildman–Crippen LogP) is 2.73. The third-order valence-electron chi connectivity index (χ3n) is 4.16. The minimum Gasteiger partial charge on any atom is -0.497 e. The van der Waals surface area contributed by atoms with Crippen molar-refractivity contribution in [2.75, 3.05) is 25.1 Å². The van der Waals surface area contributed by atoms with Gasteiger partial charge in [0.05, 0.1) is 12.5 Å². The Morgan fingerprint density at radius 1 is 1.53 bits per heavy atom. The summed E-state index contributed by atoms with van der Waals surface area (Å²) in [6.07, 6.45) is 0. The number of hydrogen-bond acceptors (Lipinski definition) is 3. The summed E-state index contributed by atoms with van der Waals surface area (Å²) in [4.78, 5) is 13.7. The van der Waals surface area contributed by atoms with E-state index in [1.807, 2.05) is 18.2 Å². The molecule has 1 aromatic rings. The molecule has 1 aliphatic rings. The normalized spacial score (nSPS) is 18.3. The highest BCUT2D eigenvalue weighted by atomic mass is 16.5. The molecule has 0 bridgehead atoms. The molecule has 19 heavy (non-hydrogen) atoms. The van der Waals surface area contributed by atoms with Gasteiger partial charge in [0.1, 0.15) is 5.75 Å². The molecular formula is C15H21NO3. The minimum atomic E-state index is -0.787. The molecule has 1 atom stereocenters. The molecule has 2 rings (SSSR count). The van der Waals surface area contributed by atoms with Gasteiger partial charge in [0.2, 0.25) is 0 Å². The van der Waals surface area contributed by atoms with Crippen LogP contribution in [0.15, 0.2) is 18.2 Å². The van der Waals surface area contributed by atoms with Crippen LogP contribution >= 0.6 is 0 Å². The van der Waals surface area contributed by atoms with Crippen molar-refractivity contribution in [1.29, 1.82) is 0 Å². The average molecular weight is 263 g/mol. The van der Waals surface area contributed by atoms with Crippen LogP contribution in [0.3, 0.4) is 0 Å². The highest BCUT2D eigenvalue weighted by molar-refractivity contribution is 5.77. The Morgan fingerprint density at radius 2 is 2.21 bits per heavy atom. The van der Waals surface area contributed by atoms with Crippen molar-refractivity contribution in [3.05, 3.63) is 23.8 Å². The molecule has 4 nitrogen and oxygen atoms in total. The summed E-state index contributed by atoms with van der Waals surface area (Å²) >= 11 is 0. The van der Waals surface area contributed by atoms with Gasteiger partial charge in [0.25, 0.3) is 0 Å². The monoisotopic (exact) mass is 263 g/mol. The number of benzene rings is 1. The predicted molar refractivity (Wildman–Crippen MR) is 75.0 cm³/mol. The molecule has 1 aromatic carbocycles. The van der Waals surface area contributed by atoms with Gasteiger partial charge in [-0.25, -0.2) is 0 Å². The van der Waals surface area contributed by atoms with Crippen LogP contribution in [-0.4, -0.2) is 31.3 Å². The van der Waals surface area contributed by atoms with Gasteiger partial charge in [0, 0.05) is 24.7 Å². The second-order valence-corrected chi connectivity index (χ2v) is 5.54. The van der Waals surface area contributed by atoms with E-state index in [2.05, 4.69) is 11.8 Å². The van der Waals surface area contributed by atoms with E-state index in [1.54, 1.807) is 21.0 Å². The Balaban J connectivity index is 2.49. The van der Waals surface area contributed by atoms with Crippen molar-refractivity contribution in [1.82, 2.24) is 0 Å². The molecule has 4 heteroatoms. The highest BCUT2D eigenvalue weighted by Gasteiger charge is 2.43. The van der Waals surface area contributed by atoms with E-state index in [1.165, 1.54) is 0 Å². The van der Waals surface area contributed by atoms with Gasteiger partial charge in [-0.2, -0.15) is 0 Å². The first-order chi connectivity index (χ1) is 8.91. The number of hydrogen-bond donors (Lipinski definition) is 1. The third kappa shape index (κ3) is 2.15. The third-order valence-corrected chi connectivity index (χ3v) is 4.16. The van der Waals surface area contributed by atoms with Crippen molar-refractivity contribution in [2.45, 2.75) is 26.7 Å². The number of rotatable bonds is 4. The minimum absolute atomic E-state index is 0.0185. The molecule has 0 aromatic heterocycles. The maximum Gasteiger partial charge on any atom is 0.309 e. The molecule has 1 aliphatic heterocycles. The zero-order valence-corrected chi connectivity index (χ0v) is 11.9. The zero-order chi connectivity index (χ0) is 14.2. The summed E-state index contributed by atoms with van der Waals surface area (Å²) in [5.74, 6) is 0.00200. The lowest BCUT2D eigenvalue weighted by molar-refractivity contribution is -0.148. The van der Waals surface area contributed by atoms with Gasteiger partial charge < -0.3 is 14.7 Å². The molecule has 0 saturated carbocycles. The first-order valence-corrected chi connectivity index (χ1v) is 6.58. The van der Waals surface area contributed by atoms with Crippen LogP contribution in [0.4, 0.5) is 5.69 Å². The van der Waals surface area contributed by atoms with Crippen LogP contribution in [0.25, 0.3) is 0 Å². The number of carboxylic acids is 1. The molecule has 1 N–H and O–H groups in total. The summed E-state index contributed by atoms with van der Waals surface area (Å²) in [5.41, 5.74) is 1.42. The molecule has 0 fully saturated rings. The number of carbonyl (C=O) groups is 1. The largest absolute Gasteiger partial charge is 0.497 e. The summed E-state index contributed by atoms with van der Waals surface area (Å²) in [6.45, 7) is 7.30. The molecule has 0 aliphatic carbocycles. The van der Waals surface area contributed by atoms with Gasteiger partial charge in [0.15, 0.2) is 0 Å². The van der Waals surface area contributed by atoms with Crippen LogP contribution in [0, 0.1) is 5.41 Å². The maximum atomic E-state index is 11.5. The van der Waals surface area contributed by atoms with Crippen LogP contribution < -0.4 is 9.64 Å². The number of aliphatic carboxylic acids is 1. The second kappa shape index (κ2) is 4.76. The Hall–Kier alpha value is -1.71. The van der Waals surface area contributed by atoms with Crippen molar-refractivity contribution in [2.24, 2.45) is 5.41 Å². The van der Waals surface area contributed by atoms with Crippen molar-refractivity contribution in [3.63, 3.8) is 0 Å². The van der Waals surface area contributed by atoms with Gasteiger partial charge in [-0.05, 0) is 44.5 Å². The first-order valence-electron chi connectivity index (χ1n) is 6.58. The molecule has 1 unspecified atom stereocenters. The SMILES string of the molecule is CCN1CC(C(C)(C)C(=O)O)c2cc(OC)ccc21. The van der Waals surface area contributed by atoms with Gasteiger partial charge in [-0.1, -0.05) is 0 Å². The van der Waals surface area contributed by atoms with E-state index < -0.39 is 11.4 Å². The van der Waals surface area contributed by atoms with Gasteiger partial charge >= 0.3 is 5.97 Å². The summed E-state index contributed by atoms with van der Waals surface area (Å²) in [7, 11) is 1.63. The number of fused-ring (bicyclic) bond motifs is 1. The van der Waals surface area contributed by atoms with Crippen LogP contribution in [0.1, 0.15) is 32.3 Å². The van der Waals surface area contributed by atoms with Crippen LogP contribution in [-0.2, 0) is 4.79 Å². The fraction of sp³-hybridized carbons (Fsp3) is 0.533. The molecule has 0 amide bonds. The Labute approximate surface area is 114 Å². The van der Waals surface area contributed by atoms with E-state index in [0.29, 0.717) is 0 Å². The number of methoxy groups -OCH3 is 1. The molecule has 1 heterocycles. The highest BCUT2D eigenvalue weighted by Crippen LogP contribution is 2.47. The number of anilines is 1. The number of carboxylic acid groups (broad SMARTS) is 1. The van der Waals surface area contributed by atoms with E-state index in [0.717, 1.165) is 30.1 Å². The Morgan fingerprint density at radius 3 is 2.74 bits per heavy atom. The summed E-state index contributed by atoms with van der Waals surface area (Å²) in [5, 5.41) is 9.46. The van der Waals surface area contributed by atoms with E-state index in [4.69, 9.17) is 4.74 Å². The van der Waals surface area contributed by atoms with Crippen LogP contribution in [0.2, 0.25) is 0 Å². The summed E-state index contributed by atoms with van der Waals surface area (Å²) in [6, 6.07) is 5.92. The average Bonchev–Trinajstić information content (AvgIpc) is 2.76. The lowest BCUT2D eigenvalue weighted by Gasteiger charge is -2.27. The van der Waals surface area contributed by atoms with E-state index >= 15 is 0 Å². The summed E-state index contributed by atoms with van der Waals surface area (Å²) < 4.78 is 5.26. The number of ether oxygens (including phenoxy) is 1. The molecular weight excluding hydrogens is 242 g/mol. The lowest BCUT2D eigenvalue weighted by Crippen LogP contribution is -2.34. The van der Waals surface area contributed by atoms with Gasteiger partial charge in [-0.3, -0.25) is 4.79 Å². The Bertz CT molecular complexity index is 496. The lowest BCUT2D eigenvalue weighted by atomic mass is 9.76. The smallest absolute Gasteiger partial charge is 0.309 e. The number of likely N-dealkylation sites (N-methyl/N-ethyl adjacent to an activating group) is 1. The zero-order valence-electron chi connectivity index (χ0n) is 11.9. The van der Waals surface area contributed by atoms with Crippen molar-refractivity contribution >= 4 is 11.7 Å². The molecule has 0 radical (unpaired) electrons. The topological polar surface area (TPSA) is 49.8 Å². The van der Waals surface area contributed by atoms with Crippen molar-refractivity contribution in [3.8, 4) is 5.75 Å². The Kier molecular flexibility index (Phi) is 3.43.